The minimum Gasteiger partial charge on any atom is -0.477 e. The van der Waals surface area contributed by atoms with E-state index in [1.54, 1.807) is 35.9 Å². The van der Waals surface area contributed by atoms with Crippen LogP contribution >= 0.6 is 0 Å². The van der Waals surface area contributed by atoms with E-state index in [1.807, 2.05) is 6.07 Å². The van der Waals surface area contributed by atoms with Gasteiger partial charge in [-0.05, 0) is 42.5 Å². The van der Waals surface area contributed by atoms with Gasteiger partial charge in [0.05, 0.1) is 29.4 Å². The molecule has 5 aromatic rings. The van der Waals surface area contributed by atoms with Crippen LogP contribution in [0.1, 0.15) is 16.1 Å². The lowest BCUT2D eigenvalue weighted by molar-refractivity contribution is -0.137. The smallest absolute Gasteiger partial charge is 0.416 e. The number of carboxylic acid groups (broad SMARTS) is 1. The molecule has 0 atom stereocenters. The zero-order chi connectivity index (χ0) is 28.9. The van der Waals surface area contributed by atoms with Crippen molar-refractivity contribution in [3.8, 4) is 23.0 Å². The summed E-state index contributed by atoms with van der Waals surface area (Å²) < 4.78 is 46.1. The number of halogens is 3. The van der Waals surface area contributed by atoms with E-state index in [2.05, 4.69) is 25.3 Å². The third-order valence-electron chi connectivity index (χ3n) is 5.47. The molecule has 2 aromatic carbocycles. The molecule has 3 aromatic heterocycles. The second-order valence-corrected chi connectivity index (χ2v) is 8.29. The Labute approximate surface area is 225 Å². The number of benzene rings is 2. The van der Waals surface area contributed by atoms with Gasteiger partial charge in [0.25, 0.3) is 0 Å². The largest absolute Gasteiger partial charge is 0.477 e. The monoisotopic (exact) mass is 555 g/mol. The van der Waals surface area contributed by atoms with Gasteiger partial charge in [0.2, 0.25) is 5.95 Å². The average molecular weight is 556 g/mol. The van der Waals surface area contributed by atoms with Crippen LogP contribution in [0, 0.1) is 0 Å². The highest BCUT2D eigenvalue weighted by molar-refractivity contribution is 5.85. The molecule has 5 rings (SSSR count). The number of pyridine rings is 1. The van der Waals surface area contributed by atoms with E-state index in [9.17, 15) is 18.0 Å². The van der Waals surface area contributed by atoms with Crippen LogP contribution < -0.4 is 15.8 Å². The number of nitrogens with zero attached hydrogens (tertiary/aromatic N) is 4. The normalized spacial score (nSPS) is 11.2. The van der Waals surface area contributed by atoms with Crippen LogP contribution in [0.2, 0.25) is 0 Å². The highest BCUT2D eigenvalue weighted by Crippen LogP contribution is 2.32. The van der Waals surface area contributed by atoms with Crippen molar-refractivity contribution in [3.05, 3.63) is 78.2 Å². The Morgan fingerprint density at radius 2 is 1.80 bits per heavy atom. The van der Waals surface area contributed by atoms with Crippen LogP contribution in [0.4, 0.5) is 24.8 Å². The number of aliphatic hydroxyl groups excluding tert-OH is 1. The van der Waals surface area contributed by atoms with Crippen molar-refractivity contribution in [3.63, 3.8) is 0 Å². The highest BCUT2D eigenvalue weighted by Gasteiger charge is 2.30. The number of carboxylic acids is 1. The van der Waals surface area contributed by atoms with Crippen molar-refractivity contribution in [2.75, 3.05) is 18.5 Å². The van der Waals surface area contributed by atoms with Crippen molar-refractivity contribution >= 4 is 28.6 Å². The summed E-state index contributed by atoms with van der Waals surface area (Å²) in [6.45, 7) is 0.472. The van der Waals surface area contributed by atoms with Crippen LogP contribution in [0.15, 0.2) is 67.0 Å². The molecule has 0 radical (unpaired) electrons. The number of aryl methyl sites for hydroxylation is 1. The molecule has 11 nitrogen and oxygen atoms in total. The SMILES string of the molecule is Cn1c(Nc2ccc(C(F)(F)F)cc2)nc2cc(Oc3ccnc(-c4ncc(C(=O)O)[nH]4)c3)ccc21.NCCO. The van der Waals surface area contributed by atoms with Gasteiger partial charge in [-0.25, -0.2) is 14.8 Å². The number of aromatic amines is 1. The van der Waals surface area contributed by atoms with Crippen molar-refractivity contribution in [1.82, 2.24) is 24.5 Å². The first kappa shape index (κ1) is 28.1. The first-order valence-electron chi connectivity index (χ1n) is 11.7. The first-order valence-corrected chi connectivity index (χ1v) is 11.7. The number of H-pyrrole nitrogens is 1. The summed E-state index contributed by atoms with van der Waals surface area (Å²) in [6, 6.07) is 13.2. The molecule has 0 aliphatic carbocycles. The molecule has 0 amide bonds. The molecule has 0 aliphatic rings. The quantitative estimate of drug-likeness (QED) is 0.194. The molecular weight excluding hydrogens is 531 g/mol. The number of hydrogen-bond donors (Lipinski definition) is 5. The van der Waals surface area contributed by atoms with Crippen molar-refractivity contribution in [2.45, 2.75) is 6.18 Å². The summed E-state index contributed by atoms with van der Waals surface area (Å²) in [6.07, 6.45) is -1.68. The Morgan fingerprint density at radius 3 is 2.42 bits per heavy atom. The number of aliphatic hydroxyl groups is 1. The highest BCUT2D eigenvalue weighted by atomic mass is 19.4. The fraction of sp³-hybridized carbons (Fsp3) is 0.154. The van der Waals surface area contributed by atoms with E-state index < -0.39 is 17.7 Å². The first-order chi connectivity index (χ1) is 19.1. The van der Waals surface area contributed by atoms with E-state index in [-0.39, 0.29) is 18.1 Å². The second-order valence-electron chi connectivity index (χ2n) is 8.29. The summed E-state index contributed by atoms with van der Waals surface area (Å²) in [5, 5.41) is 19.8. The summed E-state index contributed by atoms with van der Waals surface area (Å²) in [5.74, 6) is 0.547. The number of hydrogen-bond acceptors (Lipinski definition) is 8. The van der Waals surface area contributed by atoms with Gasteiger partial charge in [0, 0.05) is 37.6 Å². The molecule has 208 valence electrons. The van der Waals surface area contributed by atoms with Crippen LogP contribution in [0.5, 0.6) is 11.5 Å². The van der Waals surface area contributed by atoms with Crippen LogP contribution in [0.25, 0.3) is 22.6 Å². The molecule has 40 heavy (non-hydrogen) atoms. The van der Waals surface area contributed by atoms with Gasteiger partial charge in [-0.3, -0.25) is 4.98 Å². The molecule has 0 bridgehead atoms. The number of carbonyl (C=O) groups is 1. The molecule has 0 unspecified atom stereocenters. The predicted octanol–water partition coefficient (Wildman–Crippen LogP) is 4.55. The summed E-state index contributed by atoms with van der Waals surface area (Å²) in [5.41, 5.74) is 6.25. The molecular formula is C26H24F3N7O4. The van der Waals surface area contributed by atoms with Crippen molar-refractivity contribution < 1.29 is 32.9 Å². The third-order valence-corrected chi connectivity index (χ3v) is 5.47. The lowest BCUT2D eigenvalue weighted by Gasteiger charge is -2.09. The Kier molecular flexibility index (Phi) is 8.31. The lowest BCUT2D eigenvalue weighted by atomic mass is 10.2. The molecule has 3 heterocycles. The fourth-order valence-electron chi connectivity index (χ4n) is 3.53. The number of imidazole rings is 2. The van der Waals surface area contributed by atoms with Crippen LogP contribution in [-0.2, 0) is 13.2 Å². The van der Waals surface area contributed by atoms with E-state index in [1.165, 1.54) is 24.5 Å². The maximum atomic E-state index is 12.8. The number of nitrogens with two attached hydrogens (primary N) is 1. The Bertz CT molecular complexity index is 1610. The van der Waals surface area contributed by atoms with Crippen molar-refractivity contribution in [2.24, 2.45) is 12.8 Å². The van der Waals surface area contributed by atoms with Gasteiger partial charge in [0.15, 0.2) is 5.82 Å². The van der Waals surface area contributed by atoms with Gasteiger partial charge in [-0.1, -0.05) is 0 Å². The van der Waals surface area contributed by atoms with Crippen molar-refractivity contribution in [1.29, 1.82) is 0 Å². The van der Waals surface area contributed by atoms with Crippen LogP contribution in [-0.4, -0.2) is 53.8 Å². The number of aromatic nitrogens is 5. The topological polar surface area (TPSA) is 164 Å². The van der Waals surface area contributed by atoms with E-state index in [0.29, 0.717) is 40.9 Å². The van der Waals surface area contributed by atoms with E-state index in [0.717, 1.165) is 17.6 Å². The predicted molar refractivity (Wildman–Crippen MR) is 140 cm³/mol. The fourth-order valence-corrected chi connectivity index (χ4v) is 3.53. The summed E-state index contributed by atoms with van der Waals surface area (Å²) in [4.78, 5) is 26.5. The van der Waals surface area contributed by atoms with Gasteiger partial charge < -0.3 is 35.6 Å². The van der Waals surface area contributed by atoms with Gasteiger partial charge in [0.1, 0.15) is 22.9 Å². The number of nitrogens with one attached hydrogen (secondary N) is 2. The minimum atomic E-state index is -4.40. The van der Waals surface area contributed by atoms with Gasteiger partial charge >= 0.3 is 12.1 Å². The molecule has 14 heteroatoms. The number of anilines is 2. The van der Waals surface area contributed by atoms with Gasteiger partial charge in [-0.15, -0.1) is 0 Å². The van der Waals surface area contributed by atoms with E-state index in [4.69, 9.17) is 20.7 Å². The maximum absolute atomic E-state index is 12.8. The average Bonchev–Trinajstić information content (AvgIpc) is 3.54. The zero-order valence-corrected chi connectivity index (χ0v) is 21.0. The number of ether oxygens (including phenoxy) is 1. The number of alkyl halides is 3. The number of fused-ring (bicyclic) bond motifs is 1. The molecule has 0 spiro atoms. The van der Waals surface area contributed by atoms with Crippen LogP contribution in [0.3, 0.4) is 0 Å². The number of rotatable bonds is 7. The Morgan fingerprint density at radius 1 is 1.10 bits per heavy atom. The molecule has 0 saturated heterocycles. The van der Waals surface area contributed by atoms with Gasteiger partial charge in [-0.2, -0.15) is 13.2 Å². The standard InChI is InChI=1S/C24H17F3N6O3.C2H7NO/c1-33-20-7-6-15(36-16-8-9-28-18(11-16)21-29-12-19(31-21)22(34)35)10-17(20)32-23(33)30-14-4-2-13(3-5-14)24(25,26)27;3-1-2-4/h2-12H,1H3,(H,29,31)(H,30,32)(H,34,35);4H,1-3H2. The molecule has 6 N–H and O–H groups in total. The summed E-state index contributed by atoms with van der Waals surface area (Å²) in [7, 11) is 1.78. The number of aromatic carboxylic acids is 1. The second kappa shape index (κ2) is 11.8. The molecule has 0 saturated carbocycles. The molecule has 0 aliphatic heterocycles. The third kappa shape index (κ3) is 6.54. The summed E-state index contributed by atoms with van der Waals surface area (Å²) >= 11 is 0. The molecule has 0 fully saturated rings. The minimum absolute atomic E-state index is 0.0561. The Hall–Kier alpha value is -4.95. The lowest BCUT2D eigenvalue weighted by Crippen LogP contribution is -2.05. The van der Waals surface area contributed by atoms with E-state index >= 15 is 0 Å². The Balaban J connectivity index is 0.000000867. The maximum Gasteiger partial charge on any atom is 0.416 e. The zero-order valence-electron chi connectivity index (χ0n) is 21.0.